The van der Waals surface area contributed by atoms with E-state index in [9.17, 15) is 4.79 Å². The number of nitrogens with zero attached hydrogens (tertiary/aromatic N) is 5. The average Bonchev–Trinajstić information content (AvgIpc) is 3.08. The van der Waals surface area contributed by atoms with Crippen LogP contribution in [-0.4, -0.2) is 30.3 Å². The Morgan fingerprint density at radius 2 is 2.09 bits per heavy atom. The van der Waals surface area contributed by atoms with E-state index in [2.05, 4.69) is 20.5 Å². The number of amides is 1. The fourth-order valence-corrected chi connectivity index (χ4v) is 2.60. The quantitative estimate of drug-likeness (QED) is 0.797. The van der Waals surface area contributed by atoms with Gasteiger partial charge in [-0.3, -0.25) is 9.48 Å². The third kappa shape index (κ3) is 2.81. The van der Waals surface area contributed by atoms with E-state index < -0.39 is 0 Å². The molecule has 3 rings (SSSR count). The van der Waals surface area contributed by atoms with Gasteiger partial charge >= 0.3 is 0 Å². The lowest BCUT2D eigenvalue weighted by Gasteiger charge is -2.04. The molecule has 0 saturated carbocycles. The van der Waals surface area contributed by atoms with Crippen molar-refractivity contribution in [2.75, 3.05) is 0 Å². The Morgan fingerprint density at radius 3 is 2.78 bits per heavy atom. The first-order valence-corrected chi connectivity index (χ1v) is 7.62. The number of hydrogen-bond donors (Lipinski definition) is 1. The number of fused-ring (bicyclic) bond motifs is 1. The van der Waals surface area contributed by atoms with E-state index in [1.807, 2.05) is 44.6 Å². The second kappa shape index (κ2) is 5.83. The Kier molecular flexibility index (Phi) is 3.85. The molecule has 0 saturated heterocycles. The topological polar surface area (TPSA) is 77.1 Å². The molecular formula is C16H20N6O. The molecular weight excluding hydrogens is 292 g/mol. The van der Waals surface area contributed by atoms with Crippen molar-refractivity contribution in [2.45, 2.75) is 40.8 Å². The Bertz CT molecular complexity index is 876. The molecule has 0 aliphatic carbocycles. The predicted octanol–water partition coefficient (Wildman–Crippen LogP) is 1.80. The van der Waals surface area contributed by atoms with Crippen LogP contribution >= 0.6 is 0 Å². The van der Waals surface area contributed by atoms with Crippen molar-refractivity contribution in [1.29, 1.82) is 0 Å². The van der Waals surface area contributed by atoms with Crippen LogP contribution in [0.4, 0.5) is 0 Å². The zero-order chi connectivity index (χ0) is 16.6. The van der Waals surface area contributed by atoms with Crippen LogP contribution < -0.4 is 5.32 Å². The number of aromatic nitrogens is 5. The van der Waals surface area contributed by atoms with E-state index in [0.717, 1.165) is 29.2 Å². The molecule has 0 aliphatic rings. The fourth-order valence-electron chi connectivity index (χ4n) is 2.60. The van der Waals surface area contributed by atoms with Gasteiger partial charge in [-0.25, -0.2) is 9.50 Å². The Balaban J connectivity index is 1.82. The van der Waals surface area contributed by atoms with E-state index in [1.54, 1.807) is 10.7 Å². The van der Waals surface area contributed by atoms with E-state index in [1.165, 1.54) is 0 Å². The second-order valence-electron chi connectivity index (χ2n) is 5.61. The highest BCUT2D eigenvalue weighted by molar-refractivity contribution is 5.99. The molecule has 0 radical (unpaired) electrons. The molecule has 0 spiro atoms. The standard InChI is InChI=1S/C16H20N6O/c1-5-21-9-13(12(4)20-21)7-17-16(23)14-8-18-22-11(3)6-10(2)19-15(14)22/h6,8-9H,5,7H2,1-4H3,(H,17,23). The lowest BCUT2D eigenvalue weighted by atomic mass is 10.2. The van der Waals surface area contributed by atoms with E-state index in [0.29, 0.717) is 17.8 Å². The number of carbonyl (C=O) groups excluding carboxylic acids is 1. The molecule has 23 heavy (non-hydrogen) atoms. The van der Waals surface area contributed by atoms with Gasteiger partial charge in [0.25, 0.3) is 5.91 Å². The summed E-state index contributed by atoms with van der Waals surface area (Å²) in [6.45, 7) is 9.07. The SMILES string of the molecule is CCn1cc(CNC(=O)c2cnn3c(C)cc(C)nc23)c(C)n1. The van der Waals surface area contributed by atoms with Gasteiger partial charge in [-0.2, -0.15) is 10.2 Å². The number of hydrogen-bond acceptors (Lipinski definition) is 4. The molecule has 3 aromatic heterocycles. The first kappa shape index (κ1) is 15.2. The molecule has 3 heterocycles. The van der Waals surface area contributed by atoms with Gasteiger partial charge < -0.3 is 5.32 Å². The van der Waals surface area contributed by atoms with Crippen molar-refractivity contribution in [1.82, 2.24) is 29.7 Å². The smallest absolute Gasteiger partial charge is 0.257 e. The van der Waals surface area contributed by atoms with Gasteiger partial charge in [0, 0.05) is 36.2 Å². The molecule has 7 heteroatoms. The van der Waals surface area contributed by atoms with E-state index in [4.69, 9.17) is 0 Å². The van der Waals surface area contributed by atoms with Crippen LogP contribution in [0.15, 0.2) is 18.5 Å². The Morgan fingerprint density at radius 1 is 1.30 bits per heavy atom. The number of carbonyl (C=O) groups is 1. The lowest BCUT2D eigenvalue weighted by Crippen LogP contribution is -2.23. The Labute approximate surface area is 134 Å². The minimum absolute atomic E-state index is 0.179. The molecule has 0 bridgehead atoms. The normalized spacial score (nSPS) is 11.1. The van der Waals surface area contributed by atoms with Crippen LogP contribution in [0.2, 0.25) is 0 Å². The van der Waals surface area contributed by atoms with Crippen LogP contribution in [0.1, 0.15) is 39.9 Å². The molecule has 120 valence electrons. The maximum atomic E-state index is 12.5. The largest absolute Gasteiger partial charge is 0.348 e. The van der Waals surface area contributed by atoms with Crippen molar-refractivity contribution >= 4 is 11.6 Å². The van der Waals surface area contributed by atoms with Crippen molar-refractivity contribution in [3.63, 3.8) is 0 Å². The van der Waals surface area contributed by atoms with Crippen molar-refractivity contribution in [3.05, 3.63) is 46.7 Å². The minimum Gasteiger partial charge on any atom is -0.348 e. The fraction of sp³-hybridized carbons (Fsp3) is 0.375. The first-order chi connectivity index (χ1) is 11.0. The van der Waals surface area contributed by atoms with Crippen LogP contribution in [0.25, 0.3) is 5.65 Å². The summed E-state index contributed by atoms with van der Waals surface area (Å²) >= 11 is 0. The molecule has 0 aliphatic heterocycles. The molecule has 0 atom stereocenters. The van der Waals surface area contributed by atoms with Crippen LogP contribution in [0.5, 0.6) is 0 Å². The summed E-state index contributed by atoms with van der Waals surface area (Å²) in [4.78, 5) is 16.9. The molecule has 1 amide bonds. The zero-order valence-corrected chi connectivity index (χ0v) is 13.8. The maximum absolute atomic E-state index is 12.5. The third-order valence-electron chi connectivity index (χ3n) is 3.83. The van der Waals surface area contributed by atoms with Gasteiger partial charge in [0.1, 0.15) is 5.56 Å². The summed E-state index contributed by atoms with van der Waals surface area (Å²) in [6.07, 6.45) is 3.52. The van der Waals surface area contributed by atoms with Gasteiger partial charge in [0.05, 0.1) is 11.9 Å². The van der Waals surface area contributed by atoms with Crippen LogP contribution in [0, 0.1) is 20.8 Å². The van der Waals surface area contributed by atoms with Gasteiger partial charge in [0.2, 0.25) is 0 Å². The summed E-state index contributed by atoms with van der Waals surface area (Å²) in [5.74, 6) is -0.179. The number of nitrogens with one attached hydrogen (secondary N) is 1. The van der Waals surface area contributed by atoms with Gasteiger partial charge in [-0.05, 0) is 33.8 Å². The lowest BCUT2D eigenvalue weighted by molar-refractivity contribution is 0.0952. The maximum Gasteiger partial charge on any atom is 0.257 e. The molecule has 1 N–H and O–H groups in total. The van der Waals surface area contributed by atoms with E-state index >= 15 is 0 Å². The minimum atomic E-state index is -0.179. The van der Waals surface area contributed by atoms with Gasteiger partial charge in [-0.1, -0.05) is 0 Å². The van der Waals surface area contributed by atoms with Crippen molar-refractivity contribution < 1.29 is 4.79 Å². The zero-order valence-electron chi connectivity index (χ0n) is 13.8. The summed E-state index contributed by atoms with van der Waals surface area (Å²) in [7, 11) is 0. The van der Waals surface area contributed by atoms with Crippen molar-refractivity contribution in [3.8, 4) is 0 Å². The van der Waals surface area contributed by atoms with Crippen LogP contribution in [-0.2, 0) is 13.1 Å². The molecule has 3 aromatic rings. The highest BCUT2D eigenvalue weighted by Crippen LogP contribution is 2.12. The second-order valence-corrected chi connectivity index (χ2v) is 5.61. The molecule has 0 fully saturated rings. The van der Waals surface area contributed by atoms with Gasteiger partial charge in [-0.15, -0.1) is 0 Å². The summed E-state index contributed by atoms with van der Waals surface area (Å²) in [5, 5.41) is 11.6. The Hall–Kier alpha value is -2.70. The third-order valence-corrected chi connectivity index (χ3v) is 3.83. The van der Waals surface area contributed by atoms with E-state index in [-0.39, 0.29) is 5.91 Å². The number of rotatable bonds is 4. The first-order valence-electron chi connectivity index (χ1n) is 7.62. The molecule has 0 unspecified atom stereocenters. The van der Waals surface area contributed by atoms with Crippen molar-refractivity contribution in [2.24, 2.45) is 0 Å². The highest BCUT2D eigenvalue weighted by Gasteiger charge is 2.16. The monoisotopic (exact) mass is 312 g/mol. The number of aryl methyl sites for hydroxylation is 4. The van der Waals surface area contributed by atoms with Crippen LogP contribution in [0.3, 0.4) is 0 Å². The highest BCUT2D eigenvalue weighted by atomic mass is 16.1. The summed E-state index contributed by atoms with van der Waals surface area (Å²) in [6, 6.07) is 1.93. The summed E-state index contributed by atoms with van der Waals surface area (Å²) in [5.41, 5.74) is 4.82. The van der Waals surface area contributed by atoms with Gasteiger partial charge in [0.15, 0.2) is 5.65 Å². The molecule has 7 nitrogen and oxygen atoms in total. The summed E-state index contributed by atoms with van der Waals surface area (Å²) < 4.78 is 3.54. The average molecular weight is 312 g/mol. The predicted molar refractivity (Wildman–Crippen MR) is 86.3 cm³/mol. The molecule has 0 aromatic carbocycles.